The van der Waals surface area contributed by atoms with Gasteiger partial charge in [0, 0.05) is 24.7 Å². The molecule has 0 spiro atoms. The van der Waals surface area contributed by atoms with Crippen molar-refractivity contribution in [2.45, 2.75) is 50.1 Å². The molecular weight excluding hydrogens is 610 g/mol. The van der Waals surface area contributed by atoms with Crippen molar-refractivity contribution in [1.29, 1.82) is 0 Å². The number of carbonyl (C=O) groups excluding carboxylic acids is 3. The number of hydrogen-bond acceptors (Lipinski definition) is 7. The molecule has 0 aliphatic heterocycles. The molecular formula is C37H39N5O6. The van der Waals surface area contributed by atoms with Crippen LogP contribution in [-0.4, -0.2) is 68.9 Å². The number of rotatable bonds is 15. The fourth-order valence-corrected chi connectivity index (χ4v) is 5.47. The quantitative estimate of drug-likeness (QED) is 0.101. The average molecular weight is 650 g/mol. The smallest absolute Gasteiger partial charge is 0.408 e. The summed E-state index contributed by atoms with van der Waals surface area (Å²) in [5.41, 5.74) is 3.03. The first-order chi connectivity index (χ1) is 23.4. The van der Waals surface area contributed by atoms with Crippen LogP contribution in [0, 0.1) is 0 Å². The molecule has 5 rings (SSSR count). The van der Waals surface area contributed by atoms with Crippen LogP contribution in [0.4, 0.5) is 4.79 Å². The maximum absolute atomic E-state index is 14.0. The van der Waals surface area contributed by atoms with Crippen molar-refractivity contribution in [3.05, 3.63) is 138 Å². The highest BCUT2D eigenvalue weighted by Gasteiger charge is 2.31. The number of benzene rings is 4. The van der Waals surface area contributed by atoms with Crippen molar-refractivity contribution in [2.75, 3.05) is 6.61 Å². The van der Waals surface area contributed by atoms with Gasteiger partial charge in [0.2, 0.25) is 11.8 Å². The molecule has 11 nitrogen and oxygen atoms in total. The highest BCUT2D eigenvalue weighted by Crippen LogP contribution is 2.20. The number of nitrogens with zero attached hydrogens (tertiary/aromatic N) is 1. The maximum Gasteiger partial charge on any atom is 0.408 e. The van der Waals surface area contributed by atoms with Gasteiger partial charge >= 0.3 is 6.09 Å². The van der Waals surface area contributed by atoms with Crippen molar-refractivity contribution in [3.8, 4) is 0 Å². The summed E-state index contributed by atoms with van der Waals surface area (Å²) in [6.45, 7) is -0.562. The molecule has 11 heteroatoms. The van der Waals surface area contributed by atoms with Gasteiger partial charge in [-0.1, -0.05) is 103 Å². The molecule has 0 saturated carbocycles. The van der Waals surface area contributed by atoms with Crippen LogP contribution in [0.3, 0.4) is 0 Å². The summed E-state index contributed by atoms with van der Waals surface area (Å²) in [7, 11) is 0. The SMILES string of the molecule is O=C(N[C@@H](Cc1cccc2ccccc12)C(=O)N[C@@H](Cc1cnc[nH]1)C(=O)N[C@@H](Cc1ccccc1)[C@@H](O)CO)OCc1ccccc1. The van der Waals surface area contributed by atoms with E-state index in [2.05, 4.69) is 25.9 Å². The van der Waals surface area contributed by atoms with Gasteiger partial charge in [0.15, 0.2) is 0 Å². The van der Waals surface area contributed by atoms with E-state index >= 15 is 0 Å². The first-order valence-corrected chi connectivity index (χ1v) is 15.7. The Morgan fingerprint density at radius 3 is 2.08 bits per heavy atom. The lowest BCUT2D eigenvalue weighted by molar-refractivity contribution is -0.131. The Morgan fingerprint density at radius 1 is 0.729 bits per heavy atom. The lowest BCUT2D eigenvalue weighted by atomic mass is 9.98. The highest BCUT2D eigenvalue weighted by atomic mass is 16.5. The zero-order valence-corrected chi connectivity index (χ0v) is 26.3. The summed E-state index contributed by atoms with van der Waals surface area (Å²) in [6, 6.07) is 28.8. The van der Waals surface area contributed by atoms with Gasteiger partial charge in [-0.25, -0.2) is 9.78 Å². The number of ether oxygens (including phenoxy) is 1. The number of fused-ring (bicyclic) bond motifs is 1. The summed E-state index contributed by atoms with van der Waals surface area (Å²) >= 11 is 0. The van der Waals surface area contributed by atoms with E-state index < -0.39 is 48.7 Å². The number of aliphatic hydroxyl groups excluding tert-OH is 2. The molecule has 5 aromatic rings. The van der Waals surface area contributed by atoms with E-state index in [1.54, 1.807) is 6.20 Å². The third kappa shape index (κ3) is 9.50. The molecule has 48 heavy (non-hydrogen) atoms. The van der Waals surface area contributed by atoms with Gasteiger partial charge in [0.05, 0.1) is 25.1 Å². The molecule has 1 aromatic heterocycles. The molecule has 1 heterocycles. The number of amides is 3. The van der Waals surface area contributed by atoms with E-state index in [1.165, 1.54) is 6.33 Å². The van der Waals surface area contributed by atoms with Crippen LogP contribution in [-0.2, 0) is 40.2 Å². The average Bonchev–Trinajstić information content (AvgIpc) is 3.64. The number of alkyl carbamates (subject to hydrolysis) is 1. The predicted molar refractivity (Wildman–Crippen MR) is 181 cm³/mol. The first-order valence-electron chi connectivity index (χ1n) is 15.7. The zero-order chi connectivity index (χ0) is 33.7. The number of H-pyrrole nitrogens is 1. The third-order valence-corrected chi connectivity index (χ3v) is 8.01. The summed E-state index contributed by atoms with van der Waals surface area (Å²) in [6.07, 6.45) is 1.38. The number of hydrogen-bond donors (Lipinski definition) is 6. The minimum Gasteiger partial charge on any atom is -0.445 e. The van der Waals surface area contributed by atoms with Gasteiger partial charge < -0.3 is 35.9 Å². The van der Waals surface area contributed by atoms with Gasteiger partial charge in [-0.05, 0) is 33.9 Å². The van der Waals surface area contributed by atoms with Gasteiger partial charge in [0.1, 0.15) is 18.7 Å². The molecule has 0 radical (unpaired) electrons. The fraction of sp³-hybridized carbons (Fsp3) is 0.243. The second-order valence-electron chi connectivity index (χ2n) is 11.5. The molecule has 3 amide bonds. The van der Waals surface area contributed by atoms with E-state index in [0.29, 0.717) is 5.69 Å². The van der Waals surface area contributed by atoms with E-state index in [9.17, 15) is 24.6 Å². The number of imidazole rings is 1. The van der Waals surface area contributed by atoms with Crippen LogP contribution in [0.2, 0.25) is 0 Å². The Kier molecular flexibility index (Phi) is 11.9. The van der Waals surface area contributed by atoms with Crippen molar-refractivity contribution in [3.63, 3.8) is 0 Å². The van der Waals surface area contributed by atoms with Gasteiger partial charge in [-0.15, -0.1) is 0 Å². The largest absolute Gasteiger partial charge is 0.445 e. The third-order valence-electron chi connectivity index (χ3n) is 8.01. The topological polar surface area (TPSA) is 166 Å². The minimum atomic E-state index is -1.25. The second kappa shape index (κ2) is 16.9. The van der Waals surface area contributed by atoms with Crippen LogP contribution in [0.25, 0.3) is 10.8 Å². The molecule has 248 valence electrons. The van der Waals surface area contributed by atoms with E-state index in [-0.39, 0.29) is 25.9 Å². The van der Waals surface area contributed by atoms with E-state index in [1.807, 2.05) is 103 Å². The molecule has 4 atom stereocenters. The normalized spacial score (nSPS) is 13.5. The Hall–Kier alpha value is -5.52. The van der Waals surface area contributed by atoms with E-state index in [0.717, 1.165) is 27.5 Å². The van der Waals surface area contributed by atoms with Gasteiger partial charge in [-0.3, -0.25) is 9.59 Å². The predicted octanol–water partition coefficient (Wildman–Crippen LogP) is 3.21. The monoisotopic (exact) mass is 649 g/mol. The van der Waals surface area contributed by atoms with Gasteiger partial charge in [-0.2, -0.15) is 0 Å². The molecule has 0 saturated heterocycles. The van der Waals surface area contributed by atoms with Gasteiger partial charge in [0.25, 0.3) is 0 Å². The molecule has 0 aliphatic carbocycles. The number of nitrogens with one attached hydrogen (secondary N) is 4. The summed E-state index contributed by atoms with van der Waals surface area (Å²) in [5.74, 6) is -1.19. The van der Waals surface area contributed by atoms with Crippen LogP contribution >= 0.6 is 0 Å². The van der Waals surface area contributed by atoms with Crippen LogP contribution in [0.15, 0.2) is 116 Å². The molecule has 0 bridgehead atoms. The van der Waals surface area contributed by atoms with Crippen LogP contribution < -0.4 is 16.0 Å². The Labute approximate surface area is 278 Å². The highest BCUT2D eigenvalue weighted by molar-refractivity contribution is 5.93. The Morgan fingerprint density at radius 2 is 1.38 bits per heavy atom. The summed E-state index contributed by atoms with van der Waals surface area (Å²) in [4.78, 5) is 47.8. The molecule has 4 aromatic carbocycles. The summed E-state index contributed by atoms with van der Waals surface area (Å²) in [5, 5.41) is 30.6. The lowest BCUT2D eigenvalue weighted by Crippen LogP contribution is -2.58. The fourth-order valence-electron chi connectivity index (χ4n) is 5.47. The summed E-state index contributed by atoms with van der Waals surface area (Å²) < 4.78 is 5.45. The number of carbonyl (C=O) groups is 3. The lowest BCUT2D eigenvalue weighted by Gasteiger charge is -2.27. The van der Waals surface area contributed by atoms with Crippen molar-refractivity contribution in [2.24, 2.45) is 0 Å². The van der Waals surface area contributed by atoms with Crippen LogP contribution in [0.5, 0.6) is 0 Å². The first kappa shape index (κ1) is 33.8. The number of aromatic nitrogens is 2. The van der Waals surface area contributed by atoms with Crippen LogP contribution in [0.1, 0.15) is 22.4 Å². The van der Waals surface area contributed by atoms with Crippen molar-refractivity contribution in [1.82, 2.24) is 25.9 Å². The Balaban J connectivity index is 1.37. The van der Waals surface area contributed by atoms with Crippen molar-refractivity contribution >= 4 is 28.7 Å². The molecule has 6 N–H and O–H groups in total. The zero-order valence-electron chi connectivity index (χ0n) is 26.3. The molecule has 0 fully saturated rings. The minimum absolute atomic E-state index is 0.0100. The molecule has 0 unspecified atom stereocenters. The number of aromatic amines is 1. The standard InChI is InChI=1S/C37H39N5O6/c43-22-34(44)31(18-25-10-3-1-4-11-25)40-36(46)33(20-29-21-38-24-39-29)41-35(45)32(42-37(47)48-23-26-12-5-2-6-13-26)19-28-16-9-15-27-14-7-8-17-30(27)28/h1-17,21,24,31-34,43-44H,18-20,22-23H2,(H,38,39)(H,40,46)(H,41,45)(H,42,47)/t31-,32-,33-,34-/m0/s1. The molecule has 0 aliphatic rings. The maximum atomic E-state index is 14.0. The van der Waals surface area contributed by atoms with E-state index in [4.69, 9.17) is 4.74 Å². The Bertz CT molecular complexity index is 1760. The van der Waals surface area contributed by atoms with Crippen molar-refractivity contribution < 1.29 is 29.3 Å². The number of aliphatic hydroxyl groups is 2. The second-order valence-corrected chi connectivity index (χ2v) is 11.5.